The van der Waals surface area contributed by atoms with Gasteiger partial charge in [0, 0.05) is 24.7 Å². The average molecular weight is 433 g/mol. The van der Waals surface area contributed by atoms with Gasteiger partial charge in [-0.25, -0.2) is 0 Å². The van der Waals surface area contributed by atoms with Crippen LogP contribution in [0.4, 0.5) is 0 Å². The Labute approximate surface area is 187 Å². The standard InChI is InChI=1S/C25H40N2O4/c1-3-30-25(29)20-13-15-27(16-14-20)17-21-9-7-8-12-24(21)31-19-23(28)18-26(2)22-10-5-4-6-11-22/h7-9,12,20,22-23,28H,3-6,10-11,13-19H2,1-2H3/t23-/m1/s1. The zero-order valence-corrected chi connectivity index (χ0v) is 19.3. The second-order valence-electron chi connectivity index (χ2n) is 9.11. The molecule has 0 spiro atoms. The van der Waals surface area contributed by atoms with Crippen molar-refractivity contribution in [2.75, 3.05) is 39.9 Å². The molecule has 1 aromatic rings. The molecule has 1 saturated heterocycles. The number of aliphatic hydroxyl groups excluding tert-OH is 1. The molecule has 3 rings (SSSR count). The van der Waals surface area contributed by atoms with Crippen molar-refractivity contribution in [2.45, 2.75) is 70.6 Å². The number of ether oxygens (including phenoxy) is 2. The molecule has 0 aromatic heterocycles. The Morgan fingerprint density at radius 3 is 2.58 bits per heavy atom. The van der Waals surface area contributed by atoms with Gasteiger partial charge in [0.15, 0.2) is 0 Å². The number of aliphatic hydroxyl groups is 1. The second-order valence-corrected chi connectivity index (χ2v) is 9.11. The third kappa shape index (κ3) is 7.48. The van der Waals surface area contributed by atoms with E-state index in [1.165, 1.54) is 32.1 Å². The summed E-state index contributed by atoms with van der Waals surface area (Å²) in [6.45, 7) is 5.82. The van der Waals surface area contributed by atoms with E-state index in [0.717, 1.165) is 43.8 Å². The van der Waals surface area contributed by atoms with E-state index in [2.05, 4.69) is 22.9 Å². The summed E-state index contributed by atoms with van der Waals surface area (Å²) in [4.78, 5) is 16.6. The largest absolute Gasteiger partial charge is 0.491 e. The number of hydrogen-bond acceptors (Lipinski definition) is 6. The third-order valence-electron chi connectivity index (χ3n) is 6.70. The van der Waals surface area contributed by atoms with E-state index in [0.29, 0.717) is 25.8 Å². The average Bonchev–Trinajstić information content (AvgIpc) is 2.79. The van der Waals surface area contributed by atoms with Crippen LogP contribution < -0.4 is 4.74 Å². The summed E-state index contributed by atoms with van der Waals surface area (Å²) in [5, 5.41) is 10.5. The van der Waals surface area contributed by atoms with E-state index in [-0.39, 0.29) is 11.9 Å². The van der Waals surface area contributed by atoms with Crippen molar-refractivity contribution in [2.24, 2.45) is 5.92 Å². The van der Waals surface area contributed by atoms with E-state index < -0.39 is 6.10 Å². The number of carbonyl (C=O) groups is 1. The van der Waals surface area contributed by atoms with E-state index >= 15 is 0 Å². The third-order valence-corrected chi connectivity index (χ3v) is 6.70. The fraction of sp³-hybridized carbons (Fsp3) is 0.720. The van der Waals surface area contributed by atoms with Gasteiger partial charge in [-0.1, -0.05) is 37.5 Å². The fourth-order valence-corrected chi connectivity index (χ4v) is 4.85. The van der Waals surface area contributed by atoms with Gasteiger partial charge in [0.2, 0.25) is 0 Å². The Kier molecular flexibility index (Phi) is 9.62. The number of piperidine rings is 1. The van der Waals surface area contributed by atoms with Crippen LogP contribution in [0.5, 0.6) is 5.75 Å². The first-order valence-corrected chi connectivity index (χ1v) is 12.0. The number of likely N-dealkylation sites (tertiary alicyclic amines) is 1. The molecule has 2 aliphatic rings. The smallest absolute Gasteiger partial charge is 0.309 e. The van der Waals surface area contributed by atoms with Gasteiger partial charge in [0.25, 0.3) is 0 Å². The molecule has 0 unspecified atom stereocenters. The van der Waals surface area contributed by atoms with Crippen LogP contribution in [0.25, 0.3) is 0 Å². The van der Waals surface area contributed by atoms with Gasteiger partial charge in [-0.15, -0.1) is 0 Å². The normalized spacial score (nSPS) is 20.0. The minimum absolute atomic E-state index is 0.0268. The van der Waals surface area contributed by atoms with E-state index in [1.54, 1.807) is 0 Å². The number of carbonyl (C=O) groups excluding carboxylic acids is 1. The van der Waals surface area contributed by atoms with Crippen molar-refractivity contribution < 1.29 is 19.4 Å². The number of rotatable bonds is 10. The molecule has 0 bridgehead atoms. The number of likely N-dealkylation sites (N-methyl/N-ethyl adjacent to an activating group) is 1. The highest BCUT2D eigenvalue weighted by molar-refractivity contribution is 5.72. The first kappa shape index (κ1) is 24.0. The molecule has 6 nitrogen and oxygen atoms in total. The van der Waals surface area contributed by atoms with Gasteiger partial charge in [-0.3, -0.25) is 9.69 Å². The molecule has 1 N–H and O–H groups in total. The Hall–Kier alpha value is -1.63. The maximum absolute atomic E-state index is 12.0. The van der Waals surface area contributed by atoms with Crippen molar-refractivity contribution in [3.05, 3.63) is 29.8 Å². The molecule has 1 heterocycles. The number of benzene rings is 1. The quantitative estimate of drug-likeness (QED) is 0.571. The lowest BCUT2D eigenvalue weighted by Crippen LogP contribution is -2.40. The summed E-state index contributed by atoms with van der Waals surface area (Å²) in [5.41, 5.74) is 1.13. The highest BCUT2D eigenvalue weighted by atomic mass is 16.5. The van der Waals surface area contributed by atoms with Crippen molar-refractivity contribution in [3.63, 3.8) is 0 Å². The Morgan fingerprint density at radius 2 is 1.87 bits per heavy atom. The van der Waals surface area contributed by atoms with Crippen molar-refractivity contribution in [1.29, 1.82) is 0 Å². The van der Waals surface area contributed by atoms with E-state index in [9.17, 15) is 9.90 Å². The first-order valence-electron chi connectivity index (χ1n) is 12.0. The zero-order valence-electron chi connectivity index (χ0n) is 19.3. The predicted octanol–water partition coefficient (Wildman–Crippen LogP) is 3.47. The highest BCUT2D eigenvalue weighted by Crippen LogP contribution is 2.25. The van der Waals surface area contributed by atoms with Crippen LogP contribution in [0.15, 0.2) is 24.3 Å². The van der Waals surface area contributed by atoms with Crippen molar-refractivity contribution in [3.8, 4) is 5.75 Å². The van der Waals surface area contributed by atoms with Crippen LogP contribution in [-0.4, -0.2) is 72.9 Å². The second kappa shape index (κ2) is 12.4. The van der Waals surface area contributed by atoms with E-state index in [4.69, 9.17) is 9.47 Å². The molecule has 1 aliphatic carbocycles. The van der Waals surface area contributed by atoms with Crippen LogP contribution in [0.3, 0.4) is 0 Å². The SMILES string of the molecule is CCOC(=O)C1CCN(Cc2ccccc2OC[C@H](O)CN(C)C2CCCCC2)CC1. The molecule has 1 aromatic carbocycles. The van der Waals surface area contributed by atoms with Crippen LogP contribution in [0.2, 0.25) is 0 Å². The number of para-hydroxylation sites is 1. The van der Waals surface area contributed by atoms with Gasteiger partial charge < -0.3 is 19.5 Å². The molecular formula is C25H40N2O4. The number of hydrogen-bond donors (Lipinski definition) is 1. The predicted molar refractivity (Wildman–Crippen MR) is 122 cm³/mol. The summed E-state index contributed by atoms with van der Waals surface area (Å²) < 4.78 is 11.2. The minimum atomic E-state index is -0.500. The molecule has 1 saturated carbocycles. The summed E-state index contributed by atoms with van der Waals surface area (Å²) in [6, 6.07) is 8.67. The molecule has 1 aliphatic heterocycles. The lowest BCUT2D eigenvalue weighted by atomic mass is 9.94. The maximum atomic E-state index is 12.0. The van der Waals surface area contributed by atoms with Gasteiger partial charge in [-0.05, 0) is 58.8 Å². The molecule has 0 radical (unpaired) electrons. The highest BCUT2D eigenvalue weighted by Gasteiger charge is 2.26. The summed E-state index contributed by atoms with van der Waals surface area (Å²) in [7, 11) is 2.12. The number of esters is 1. The Balaban J connectivity index is 1.45. The molecule has 1 atom stereocenters. The van der Waals surface area contributed by atoms with Gasteiger partial charge in [0.1, 0.15) is 18.5 Å². The molecule has 174 valence electrons. The van der Waals surface area contributed by atoms with Gasteiger partial charge in [0.05, 0.1) is 12.5 Å². The monoisotopic (exact) mass is 432 g/mol. The minimum Gasteiger partial charge on any atom is -0.491 e. The molecule has 0 amide bonds. The van der Waals surface area contributed by atoms with Gasteiger partial charge >= 0.3 is 5.97 Å². The van der Waals surface area contributed by atoms with Crippen molar-refractivity contribution in [1.82, 2.24) is 9.80 Å². The van der Waals surface area contributed by atoms with Crippen LogP contribution in [-0.2, 0) is 16.1 Å². The van der Waals surface area contributed by atoms with Crippen LogP contribution >= 0.6 is 0 Å². The number of nitrogens with zero attached hydrogens (tertiary/aromatic N) is 2. The van der Waals surface area contributed by atoms with E-state index in [1.807, 2.05) is 25.1 Å². The summed E-state index contributed by atoms with van der Waals surface area (Å²) >= 11 is 0. The van der Waals surface area contributed by atoms with Gasteiger partial charge in [-0.2, -0.15) is 0 Å². The zero-order chi connectivity index (χ0) is 22.1. The molecule has 6 heteroatoms. The van der Waals surface area contributed by atoms with Crippen LogP contribution in [0, 0.1) is 5.92 Å². The Morgan fingerprint density at radius 1 is 1.16 bits per heavy atom. The molecular weight excluding hydrogens is 392 g/mol. The summed E-state index contributed by atoms with van der Waals surface area (Å²) in [5.74, 6) is 0.812. The topological polar surface area (TPSA) is 62.2 Å². The fourth-order valence-electron chi connectivity index (χ4n) is 4.85. The van der Waals surface area contributed by atoms with Crippen LogP contribution in [0.1, 0.15) is 57.4 Å². The maximum Gasteiger partial charge on any atom is 0.309 e. The summed E-state index contributed by atoms with van der Waals surface area (Å²) in [6.07, 6.45) is 7.59. The molecule has 31 heavy (non-hydrogen) atoms. The molecule has 2 fully saturated rings. The Bertz CT molecular complexity index is 669. The lowest BCUT2D eigenvalue weighted by molar-refractivity contribution is -0.149. The first-order chi connectivity index (χ1) is 15.1. The lowest BCUT2D eigenvalue weighted by Gasteiger charge is -2.32. The van der Waals surface area contributed by atoms with Crippen molar-refractivity contribution >= 4 is 5.97 Å².